The van der Waals surface area contributed by atoms with Gasteiger partial charge in [-0.25, -0.2) is 0 Å². The van der Waals surface area contributed by atoms with Crippen molar-refractivity contribution in [3.63, 3.8) is 0 Å². The minimum Gasteiger partial charge on any atom is -0.389 e. The van der Waals surface area contributed by atoms with Gasteiger partial charge in [-0.15, -0.1) is 11.3 Å². The fourth-order valence-electron chi connectivity index (χ4n) is 3.29. The van der Waals surface area contributed by atoms with Crippen LogP contribution in [0.4, 0.5) is 0 Å². The minimum atomic E-state index is -0.482. The zero-order chi connectivity index (χ0) is 16.5. The summed E-state index contributed by atoms with van der Waals surface area (Å²) in [5.74, 6) is 0. The molecule has 1 atom stereocenters. The average Bonchev–Trinajstić information content (AvgIpc) is 3.19. The molecule has 126 valence electrons. The van der Waals surface area contributed by atoms with Gasteiger partial charge in [0.05, 0.1) is 29.9 Å². The standard InChI is InChI=1S/C19H22N2O2S/c1-14(22)17-12-15-4-2-3-7-21(15)19(17)18-6-5-16(24-18)13-20-8-10-23-11-9-20/h2-7,12,14,22H,8-11,13H2,1H3. The zero-order valence-corrected chi connectivity index (χ0v) is 14.6. The smallest absolute Gasteiger partial charge is 0.0783 e. The van der Waals surface area contributed by atoms with Crippen molar-refractivity contribution in [2.75, 3.05) is 26.3 Å². The summed E-state index contributed by atoms with van der Waals surface area (Å²) in [7, 11) is 0. The quantitative estimate of drug-likeness (QED) is 0.788. The van der Waals surface area contributed by atoms with Crippen molar-refractivity contribution in [1.82, 2.24) is 9.30 Å². The van der Waals surface area contributed by atoms with Crippen molar-refractivity contribution in [2.24, 2.45) is 0 Å². The number of nitrogens with zero attached hydrogens (tertiary/aromatic N) is 2. The third-order valence-electron chi connectivity index (χ3n) is 4.54. The van der Waals surface area contributed by atoms with Crippen molar-refractivity contribution >= 4 is 16.9 Å². The van der Waals surface area contributed by atoms with E-state index in [0.717, 1.165) is 49.6 Å². The first-order valence-electron chi connectivity index (χ1n) is 8.39. The Balaban J connectivity index is 1.68. The van der Waals surface area contributed by atoms with Gasteiger partial charge in [-0.2, -0.15) is 0 Å². The van der Waals surface area contributed by atoms with E-state index in [9.17, 15) is 5.11 Å². The topological polar surface area (TPSA) is 37.1 Å². The molecule has 1 aliphatic rings. The lowest BCUT2D eigenvalue weighted by Gasteiger charge is -2.25. The van der Waals surface area contributed by atoms with Crippen LogP contribution < -0.4 is 0 Å². The van der Waals surface area contributed by atoms with Crippen LogP contribution in [0.2, 0.25) is 0 Å². The number of aliphatic hydroxyl groups is 1. The van der Waals surface area contributed by atoms with E-state index in [2.05, 4.69) is 39.8 Å². The fourth-order valence-corrected chi connectivity index (χ4v) is 4.41. The van der Waals surface area contributed by atoms with Crippen molar-refractivity contribution in [1.29, 1.82) is 0 Å². The Bertz CT molecular complexity index is 831. The lowest BCUT2D eigenvalue weighted by atomic mass is 10.1. The van der Waals surface area contributed by atoms with Gasteiger partial charge in [0.1, 0.15) is 0 Å². The van der Waals surface area contributed by atoms with Crippen molar-refractivity contribution < 1.29 is 9.84 Å². The van der Waals surface area contributed by atoms with Crippen LogP contribution in [-0.4, -0.2) is 40.7 Å². The van der Waals surface area contributed by atoms with Crippen LogP contribution in [-0.2, 0) is 11.3 Å². The van der Waals surface area contributed by atoms with Crippen LogP contribution in [0.25, 0.3) is 16.1 Å². The van der Waals surface area contributed by atoms with Crippen molar-refractivity contribution in [3.8, 4) is 10.6 Å². The van der Waals surface area contributed by atoms with Gasteiger partial charge < -0.3 is 14.2 Å². The zero-order valence-electron chi connectivity index (χ0n) is 13.8. The van der Waals surface area contributed by atoms with Gasteiger partial charge in [-0.1, -0.05) is 6.07 Å². The molecule has 24 heavy (non-hydrogen) atoms. The van der Waals surface area contributed by atoms with E-state index in [0.29, 0.717) is 0 Å². The molecule has 1 aliphatic heterocycles. The van der Waals surface area contributed by atoms with Gasteiger partial charge in [0.2, 0.25) is 0 Å². The second kappa shape index (κ2) is 6.69. The van der Waals surface area contributed by atoms with Crippen molar-refractivity contribution in [3.05, 3.63) is 53.0 Å². The third-order valence-corrected chi connectivity index (χ3v) is 5.61. The second-order valence-corrected chi connectivity index (χ2v) is 7.44. The molecule has 0 amide bonds. The molecule has 3 aromatic rings. The van der Waals surface area contributed by atoms with Gasteiger partial charge in [0.25, 0.3) is 0 Å². The lowest BCUT2D eigenvalue weighted by molar-refractivity contribution is 0.0346. The number of rotatable bonds is 4. The average molecular weight is 342 g/mol. The molecule has 1 unspecified atom stereocenters. The fraction of sp³-hybridized carbons (Fsp3) is 0.368. The molecule has 3 aromatic heterocycles. The molecule has 4 nitrogen and oxygen atoms in total. The summed E-state index contributed by atoms with van der Waals surface area (Å²) in [6, 6.07) is 12.6. The Morgan fingerprint density at radius 1 is 1.21 bits per heavy atom. The second-order valence-electron chi connectivity index (χ2n) is 6.27. The predicted octanol–water partition coefficient (Wildman–Crippen LogP) is 3.55. The third kappa shape index (κ3) is 3.00. The molecule has 4 rings (SSSR count). The summed E-state index contributed by atoms with van der Waals surface area (Å²) >= 11 is 1.82. The summed E-state index contributed by atoms with van der Waals surface area (Å²) in [5, 5.41) is 10.2. The highest BCUT2D eigenvalue weighted by atomic mass is 32.1. The summed E-state index contributed by atoms with van der Waals surface area (Å²) < 4.78 is 7.60. The Labute approximate surface area is 145 Å². The van der Waals surface area contributed by atoms with E-state index in [1.54, 1.807) is 0 Å². The van der Waals surface area contributed by atoms with Crippen molar-refractivity contribution in [2.45, 2.75) is 19.6 Å². The molecule has 0 saturated carbocycles. The van der Waals surface area contributed by atoms with Gasteiger partial charge in [-0.05, 0) is 37.3 Å². The molecule has 1 N–H and O–H groups in total. The maximum Gasteiger partial charge on any atom is 0.0783 e. The van der Waals surface area contributed by atoms with E-state index in [1.807, 2.05) is 30.4 Å². The summed E-state index contributed by atoms with van der Waals surface area (Å²) in [6.07, 6.45) is 1.59. The van der Waals surface area contributed by atoms with E-state index in [1.165, 1.54) is 9.75 Å². The Morgan fingerprint density at radius 2 is 2.04 bits per heavy atom. The predicted molar refractivity (Wildman–Crippen MR) is 97.4 cm³/mol. The van der Waals surface area contributed by atoms with Crippen LogP contribution in [0, 0.1) is 0 Å². The number of hydrogen-bond acceptors (Lipinski definition) is 4. The lowest BCUT2D eigenvalue weighted by Crippen LogP contribution is -2.35. The van der Waals surface area contributed by atoms with E-state index >= 15 is 0 Å². The highest BCUT2D eigenvalue weighted by Gasteiger charge is 2.18. The summed E-state index contributed by atoms with van der Waals surface area (Å²) in [5.41, 5.74) is 3.21. The number of fused-ring (bicyclic) bond motifs is 1. The molecule has 0 aromatic carbocycles. The first-order valence-corrected chi connectivity index (χ1v) is 9.21. The van der Waals surface area contributed by atoms with E-state index < -0.39 is 6.10 Å². The number of hydrogen-bond donors (Lipinski definition) is 1. The Hall–Kier alpha value is -1.66. The monoisotopic (exact) mass is 342 g/mol. The molecule has 1 saturated heterocycles. The number of pyridine rings is 1. The maximum absolute atomic E-state index is 10.2. The molecular formula is C19H22N2O2S. The molecule has 0 bridgehead atoms. The summed E-state index contributed by atoms with van der Waals surface area (Å²) in [4.78, 5) is 5.00. The first kappa shape index (κ1) is 15.8. The van der Waals surface area contributed by atoms with E-state index in [4.69, 9.17) is 4.74 Å². The molecular weight excluding hydrogens is 320 g/mol. The van der Waals surface area contributed by atoms with Crippen LogP contribution in [0.15, 0.2) is 42.6 Å². The Kier molecular flexibility index (Phi) is 4.41. The SMILES string of the molecule is CC(O)c1cc2ccccn2c1-c1ccc(CN2CCOCC2)s1. The van der Waals surface area contributed by atoms with Crippen LogP contribution in [0.1, 0.15) is 23.5 Å². The van der Waals surface area contributed by atoms with E-state index in [-0.39, 0.29) is 0 Å². The van der Waals surface area contributed by atoms with Gasteiger partial charge >= 0.3 is 0 Å². The Morgan fingerprint density at radius 3 is 2.83 bits per heavy atom. The van der Waals surface area contributed by atoms with Gasteiger partial charge in [0, 0.05) is 41.8 Å². The molecule has 1 fully saturated rings. The minimum absolute atomic E-state index is 0.482. The number of ether oxygens (including phenoxy) is 1. The normalized spacial score (nSPS) is 17.4. The first-order chi connectivity index (χ1) is 11.7. The molecule has 5 heteroatoms. The highest BCUT2D eigenvalue weighted by molar-refractivity contribution is 7.15. The highest BCUT2D eigenvalue weighted by Crippen LogP contribution is 2.36. The number of morpholine rings is 1. The number of thiophene rings is 1. The van der Waals surface area contributed by atoms with Crippen LogP contribution >= 0.6 is 11.3 Å². The van der Waals surface area contributed by atoms with Crippen LogP contribution in [0.3, 0.4) is 0 Å². The maximum atomic E-state index is 10.2. The molecule has 0 aliphatic carbocycles. The molecule has 0 spiro atoms. The van der Waals surface area contributed by atoms with Crippen LogP contribution in [0.5, 0.6) is 0 Å². The number of aromatic nitrogens is 1. The molecule has 4 heterocycles. The largest absolute Gasteiger partial charge is 0.389 e. The molecule has 0 radical (unpaired) electrons. The van der Waals surface area contributed by atoms with Gasteiger partial charge in [-0.3, -0.25) is 4.90 Å². The summed E-state index contributed by atoms with van der Waals surface area (Å²) in [6.45, 7) is 6.46. The van der Waals surface area contributed by atoms with Gasteiger partial charge in [0.15, 0.2) is 0 Å². The number of aliphatic hydroxyl groups excluding tert-OH is 1.